The lowest BCUT2D eigenvalue weighted by Crippen LogP contribution is -2.30. The maximum atomic E-state index is 13.2. The zero-order valence-corrected chi connectivity index (χ0v) is 24.0. The molecule has 0 saturated carbocycles. The average molecular weight is 600 g/mol. The van der Waals surface area contributed by atoms with E-state index in [9.17, 15) is 19.2 Å². The minimum absolute atomic E-state index is 0.0356. The summed E-state index contributed by atoms with van der Waals surface area (Å²) < 4.78 is 4.76. The van der Waals surface area contributed by atoms with Gasteiger partial charge in [-0.3, -0.25) is 14.4 Å². The number of nitrogens with one attached hydrogen (secondary N) is 3. The second-order valence-electron chi connectivity index (χ2n) is 8.79. The van der Waals surface area contributed by atoms with E-state index >= 15 is 0 Å². The van der Waals surface area contributed by atoms with Gasteiger partial charge in [0.05, 0.1) is 24.1 Å². The summed E-state index contributed by atoms with van der Waals surface area (Å²) in [5, 5.41) is 8.71. The Kier molecular flexibility index (Phi) is 10.5. The Morgan fingerprint density at radius 3 is 2.26 bits per heavy atom. The number of para-hydroxylation sites is 1. The number of hydrogen-bond acceptors (Lipinski definition) is 6. The van der Waals surface area contributed by atoms with Gasteiger partial charge in [0.15, 0.2) is 0 Å². The zero-order chi connectivity index (χ0) is 29.9. The second kappa shape index (κ2) is 14.7. The van der Waals surface area contributed by atoms with E-state index in [2.05, 4.69) is 16.0 Å². The third kappa shape index (κ3) is 8.57. The third-order valence-corrected chi connectivity index (χ3v) is 7.02. The smallest absolute Gasteiger partial charge is 0.339 e. The van der Waals surface area contributed by atoms with Crippen LogP contribution in [0.1, 0.15) is 26.3 Å². The van der Waals surface area contributed by atoms with Crippen molar-refractivity contribution in [2.45, 2.75) is 4.90 Å². The molecule has 4 rings (SSSR count). The molecular formula is C32H26ClN3O5S. The summed E-state index contributed by atoms with van der Waals surface area (Å²) in [5.74, 6) is -1.69. The SMILES string of the molecule is COC(=O)c1ccccc1NC(=O)CSc1ccc(NC(=O)/C(=C/c2cccc(Cl)c2)NC(=O)c2ccccc2)cc1. The van der Waals surface area contributed by atoms with Gasteiger partial charge in [0, 0.05) is 21.2 Å². The number of esters is 1. The van der Waals surface area contributed by atoms with E-state index in [-0.39, 0.29) is 22.9 Å². The van der Waals surface area contributed by atoms with Crippen molar-refractivity contribution >= 4 is 64.5 Å². The van der Waals surface area contributed by atoms with Crippen LogP contribution in [-0.2, 0) is 14.3 Å². The number of carbonyl (C=O) groups excluding carboxylic acids is 4. The molecule has 212 valence electrons. The van der Waals surface area contributed by atoms with Crippen LogP contribution in [0.4, 0.5) is 11.4 Å². The Bertz CT molecular complexity index is 1620. The van der Waals surface area contributed by atoms with Crippen molar-refractivity contribution in [2.75, 3.05) is 23.5 Å². The summed E-state index contributed by atoms with van der Waals surface area (Å²) in [6.07, 6.45) is 1.54. The molecule has 3 N–H and O–H groups in total. The Labute approximate surface area is 252 Å². The maximum absolute atomic E-state index is 13.2. The van der Waals surface area contributed by atoms with Crippen LogP contribution in [0, 0.1) is 0 Å². The highest BCUT2D eigenvalue weighted by molar-refractivity contribution is 8.00. The van der Waals surface area contributed by atoms with Gasteiger partial charge in [-0.2, -0.15) is 0 Å². The molecule has 4 aromatic rings. The van der Waals surface area contributed by atoms with E-state index in [1.54, 1.807) is 109 Å². The number of amides is 3. The molecule has 0 unspecified atom stereocenters. The number of carbonyl (C=O) groups is 4. The minimum Gasteiger partial charge on any atom is -0.465 e. The van der Waals surface area contributed by atoms with E-state index in [1.165, 1.54) is 18.9 Å². The lowest BCUT2D eigenvalue weighted by molar-refractivity contribution is -0.114. The fourth-order valence-corrected chi connectivity index (χ4v) is 4.65. The van der Waals surface area contributed by atoms with Crippen LogP contribution < -0.4 is 16.0 Å². The molecule has 0 aliphatic carbocycles. The highest BCUT2D eigenvalue weighted by atomic mass is 35.5. The lowest BCUT2D eigenvalue weighted by atomic mass is 10.1. The van der Waals surface area contributed by atoms with Crippen molar-refractivity contribution in [2.24, 2.45) is 0 Å². The summed E-state index contributed by atoms with van der Waals surface area (Å²) in [6.45, 7) is 0. The normalized spacial score (nSPS) is 10.9. The topological polar surface area (TPSA) is 114 Å². The van der Waals surface area contributed by atoms with Crippen LogP contribution in [0.3, 0.4) is 0 Å². The van der Waals surface area contributed by atoms with E-state index in [0.29, 0.717) is 27.5 Å². The highest BCUT2D eigenvalue weighted by Gasteiger charge is 2.16. The van der Waals surface area contributed by atoms with Crippen LogP contribution in [0.5, 0.6) is 0 Å². The fraction of sp³-hybridized carbons (Fsp3) is 0.0625. The number of rotatable bonds is 10. The highest BCUT2D eigenvalue weighted by Crippen LogP contribution is 2.22. The third-order valence-electron chi connectivity index (χ3n) is 5.78. The Morgan fingerprint density at radius 2 is 1.55 bits per heavy atom. The molecule has 0 spiro atoms. The Morgan fingerprint density at radius 1 is 0.833 bits per heavy atom. The van der Waals surface area contributed by atoms with Crippen molar-refractivity contribution < 1.29 is 23.9 Å². The fourth-order valence-electron chi connectivity index (χ4n) is 3.75. The van der Waals surface area contributed by atoms with Crippen molar-refractivity contribution in [3.8, 4) is 0 Å². The van der Waals surface area contributed by atoms with Crippen molar-refractivity contribution in [1.29, 1.82) is 0 Å². The van der Waals surface area contributed by atoms with Crippen LogP contribution in [0.25, 0.3) is 6.08 Å². The lowest BCUT2D eigenvalue weighted by Gasteiger charge is -2.12. The summed E-state index contributed by atoms with van der Waals surface area (Å²) in [6, 6.07) is 29.0. The average Bonchev–Trinajstić information content (AvgIpc) is 3.00. The minimum atomic E-state index is -0.540. The number of anilines is 2. The first-order valence-corrected chi connectivity index (χ1v) is 14.0. The number of methoxy groups -OCH3 is 1. The molecule has 10 heteroatoms. The van der Waals surface area contributed by atoms with E-state index in [4.69, 9.17) is 16.3 Å². The van der Waals surface area contributed by atoms with Crippen LogP contribution in [-0.4, -0.2) is 36.6 Å². The first kappa shape index (κ1) is 30.1. The van der Waals surface area contributed by atoms with Gasteiger partial charge in [-0.05, 0) is 72.3 Å². The van der Waals surface area contributed by atoms with E-state index in [0.717, 1.165) is 4.90 Å². The first-order valence-electron chi connectivity index (χ1n) is 12.7. The van der Waals surface area contributed by atoms with Gasteiger partial charge in [-0.15, -0.1) is 11.8 Å². The Balaban J connectivity index is 1.40. The molecule has 0 bridgehead atoms. The molecule has 0 aliphatic rings. The molecule has 42 heavy (non-hydrogen) atoms. The monoisotopic (exact) mass is 599 g/mol. The molecule has 0 saturated heterocycles. The van der Waals surface area contributed by atoms with Gasteiger partial charge < -0.3 is 20.7 Å². The molecule has 0 heterocycles. The maximum Gasteiger partial charge on any atom is 0.339 e. The van der Waals surface area contributed by atoms with Crippen molar-refractivity contribution in [3.05, 3.63) is 131 Å². The van der Waals surface area contributed by atoms with E-state index < -0.39 is 17.8 Å². The van der Waals surface area contributed by atoms with Crippen molar-refractivity contribution in [3.63, 3.8) is 0 Å². The number of thioether (sulfide) groups is 1. The van der Waals surface area contributed by atoms with Gasteiger partial charge in [-0.1, -0.05) is 54.1 Å². The summed E-state index contributed by atoms with van der Waals surface area (Å²) in [4.78, 5) is 51.3. The number of benzene rings is 4. The second-order valence-corrected chi connectivity index (χ2v) is 10.3. The summed E-state index contributed by atoms with van der Waals surface area (Å²) in [5.41, 5.74) is 2.21. The molecule has 4 aromatic carbocycles. The van der Waals surface area contributed by atoms with Crippen LogP contribution >= 0.6 is 23.4 Å². The molecule has 0 aliphatic heterocycles. The number of halogens is 1. The molecule has 0 radical (unpaired) electrons. The van der Waals surface area contributed by atoms with Gasteiger partial charge in [0.2, 0.25) is 5.91 Å². The number of hydrogen-bond donors (Lipinski definition) is 3. The standard InChI is InChI=1S/C32H26ClN3O5S/c1-41-32(40)26-12-5-6-13-27(26)35-29(37)20-42-25-16-14-24(15-17-25)34-31(39)28(19-21-8-7-11-23(33)18-21)36-30(38)22-9-3-2-4-10-22/h2-19H,20H2,1H3,(H,34,39)(H,35,37)(H,36,38)/b28-19-. The Hall–Kier alpha value is -4.86. The van der Waals surface area contributed by atoms with Crippen LogP contribution in [0.2, 0.25) is 5.02 Å². The largest absolute Gasteiger partial charge is 0.465 e. The molecular weight excluding hydrogens is 574 g/mol. The molecule has 0 fully saturated rings. The van der Waals surface area contributed by atoms with Gasteiger partial charge in [-0.25, -0.2) is 4.79 Å². The summed E-state index contributed by atoms with van der Waals surface area (Å²) in [7, 11) is 1.28. The predicted molar refractivity (Wildman–Crippen MR) is 166 cm³/mol. The molecule has 8 nitrogen and oxygen atoms in total. The molecule has 0 aromatic heterocycles. The first-order chi connectivity index (χ1) is 20.3. The zero-order valence-electron chi connectivity index (χ0n) is 22.4. The van der Waals surface area contributed by atoms with Gasteiger partial charge in [0.1, 0.15) is 5.70 Å². The van der Waals surface area contributed by atoms with E-state index in [1.807, 2.05) is 0 Å². The number of ether oxygens (including phenoxy) is 1. The van der Waals surface area contributed by atoms with Crippen LogP contribution in [0.15, 0.2) is 114 Å². The van der Waals surface area contributed by atoms with Gasteiger partial charge >= 0.3 is 5.97 Å². The predicted octanol–water partition coefficient (Wildman–Crippen LogP) is 6.27. The van der Waals surface area contributed by atoms with Crippen molar-refractivity contribution in [1.82, 2.24) is 5.32 Å². The molecule has 0 atom stereocenters. The van der Waals surface area contributed by atoms with Gasteiger partial charge in [0.25, 0.3) is 11.8 Å². The summed E-state index contributed by atoms with van der Waals surface area (Å²) >= 11 is 7.39. The molecule has 3 amide bonds. The quantitative estimate of drug-likeness (QED) is 0.113.